The zero-order valence-corrected chi connectivity index (χ0v) is 11.1. The summed E-state index contributed by atoms with van der Waals surface area (Å²) in [6, 6.07) is 2.47. The zero-order valence-electron chi connectivity index (χ0n) is 11.1. The molecule has 1 heteroatoms. The van der Waals surface area contributed by atoms with Crippen molar-refractivity contribution in [3.05, 3.63) is 24.3 Å². The van der Waals surface area contributed by atoms with Gasteiger partial charge in [-0.15, -0.1) is 6.58 Å². The second kappa shape index (κ2) is 8.16. The number of allylic oxidation sites excluding steroid dienone is 3. The minimum atomic E-state index is -0.146. The summed E-state index contributed by atoms with van der Waals surface area (Å²) in [5.74, 6) is 0. The van der Waals surface area contributed by atoms with Crippen molar-refractivity contribution in [2.75, 3.05) is 0 Å². The Morgan fingerprint density at radius 1 is 1.25 bits per heavy atom. The second-order valence-corrected chi connectivity index (χ2v) is 5.03. The molecule has 0 aliphatic carbocycles. The molecule has 1 nitrogen and oxygen atoms in total. The van der Waals surface area contributed by atoms with Crippen LogP contribution in [0.15, 0.2) is 24.3 Å². The van der Waals surface area contributed by atoms with Crippen LogP contribution in [0.3, 0.4) is 0 Å². The van der Waals surface area contributed by atoms with Crippen molar-refractivity contribution in [2.24, 2.45) is 5.41 Å². The summed E-state index contributed by atoms with van der Waals surface area (Å²) >= 11 is 0. The predicted octanol–water partition coefficient (Wildman–Crippen LogP) is 5.01. The summed E-state index contributed by atoms with van der Waals surface area (Å²) in [6.07, 6.45) is 10.5. The molecule has 0 aliphatic rings. The average Bonchev–Trinajstić information content (AvgIpc) is 2.24. The Balaban J connectivity index is 3.96. The first-order chi connectivity index (χ1) is 7.54. The van der Waals surface area contributed by atoms with E-state index in [0.717, 1.165) is 38.5 Å². The standard InChI is InChI=1S/C15H25N/c1-5-6-7-8-11-15(4,13-16)12-9-10-14(2)3/h5,10H,1,6-9,11-12H2,2-4H3. The topological polar surface area (TPSA) is 23.8 Å². The van der Waals surface area contributed by atoms with Gasteiger partial charge in [-0.3, -0.25) is 0 Å². The van der Waals surface area contributed by atoms with Crippen molar-refractivity contribution in [2.45, 2.75) is 59.3 Å². The second-order valence-electron chi connectivity index (χ2n) is 5.03. The fraction of sp³-hybridized carbons (Fsp3) is 0.667. The van der Waals surface area contributed by atoms with E-state index in [0.29, 0.717) is 0 Å². The minimum Gasteiger partial charge on any atom is -0.198 e. The van der Waals surface area contributed by atoms with Gasteiger partial charge in [0.25, 0.3) is 0 Å². The smallest absolute Gasteiger partial charge is 0.0686 e. The molecule has 0 aromatic carbocycles. The summed E-state index contributed by atoms with van der Waals surface area (Å²) in [4.78, 5) is 0. The molecule has 0 rings (SSSR count). The van der Waals surface area contributed by atoms with Gasteiger partial charge in [0.05, 0.1) is 11.5 Å². The molecule has 0 saturated carbocycles. The maximum atomic E-state index is 9.22. The zero-order chi connectivity index (χ0) is 12.4. The van der Waals surface area contributed by atoms with E-state index < -0.39 is 0 Å². The van der Waals surface area contributed by atoms with Gasteiger partial charge in [-0.2, -0.15) is 5.26 Å². The molecule has 0 aliphatic heterocycles. The highest BCUT2D eigenvalue weighted by Gasteiger charge is 2.21. The van der Waals surface area contributed by atoms with Crippen LogP contribution in [-0.2, 0) is 0 Å². The first kappa shape index (κ1) is 15.0. The molecule has 0 heterocycles. The highest BCUT2D eigenvalue weighted by atomic mass is 14.3. The molecule has 0 amide bonds. The van der Waals surface area contributed by atoms with E-state index in [1.54, 1.807) is 0 Å². The number of hydrogen-bond donors (Lipinski definition) is 0. The van der Waals surface area contributed by atoms with Crippen LogP contribution in [0.2, 0.25) is 0 Å². The molecular formula is C15H25N. The molecule has 0 N–H and O–H groups in total. The van der Waals surface area contributed by atoms with Gasteiger partial charge in [0.15, 0.2) is 0 Å². The number of unbranched alkanes of at least 4 members (excludes halogenated alkanes) is 2. The largest absolute Gasteiger partial charge is 0.198 e. The summed E-state index contributed by atoms with van der Waals surface area (Å²) in [7, 11) is 0. The van der Waals surface area contributed by atoms with E-state index >= 15 is 0 Å². The molecule has 0 radical (unpaired) electrons. The lowest BCUT2D eigenvalue weighted by atomic mass is 9.82. The van der Waals surface area contributed by atoms with E-state index in [1.807, 2.05) is 6.08 Å². The summed E-state index contributed by atoms with van der Waals surface area (Å²) in [5, 5.41) is 9.22. The Bertz CT molecular complexity index is 266. The van der Waals surface area contributed by atoms with Crippen molar-refractivity contribution >= 4 is 0 Å². The molecule has 90 valence electrons. The van der Waals surface area contributed by atoms with Crippen LogP contribution in [0.4, 0.5) is 0 Å². The third kappa shape index (κ3) is 7.29. The third-order valence-electron chi connectivity index (χ3n) is 2.91. The number of rotatable bonds is 8. The molecular weight excluding hydrogens is 194 g/mol. The Hall–Kier alpha value is -1.03. The van der Waals surface area contributed by atoms with Gasteiger partial charge in [-0.25, -0.2) is 0 Å². The Labute approximate surface area is 101 Å². The van der Waals surface area contributed by atoms with Crippen LogP contribution in [0, 0.1) is 16.7 Å². The first-order valence-corrected chi connectivity index (χ1v) is 6.19. The lowest BCUT2D eigenvalue weighted by Gasteiger charge is -2.20. The van der Waals surface area contributed by atoms with Gasteiger partial charge in [-0.1, -0.05) is 24.1 Å². The van der Waals surface area contributed by atoms with Crippen LogP contribution >= 0.6 is 0 Å². The molecule has 0 aromatic rings. The monoisotopic (exact) mass is 219 g/mol. The van der Waals surface area contributed by atoms with Gasteiger partial charge in [-0.05, 0) is 52.9 Å². The highest BCUT2D eigenvalue weighted by Crippen LogP contribution is 2.29. The van der Waals surface area contributed by atoms with E-state index in [2.05, 4.69) is 39.5 Å². The van der Waals surface area contributed by atoms with E-state index in [9.17, 15) is 5.26 Å². The Morgan fingerprint density at radius 2 is 1.94 bits per heavy atom. The van der Waals surface area contributed by atoms with Crippen LogP contribution < -0.4 is 0 Å². The SMILES string of the molecule is C=CCCCCC(C)(C#N)CCC=C(C)C. The van der Waals surface area contributed by atoms with Gasteiger partial charge >= 0.3 is 0 Å². The minimum absolute atomic E-state index is 0.146. The first-order valence-electron chi connectivity index (χ1n) is 6.19. The van der Waals surface area contributed by atoms with Crippen molar-refractivity contribution < 1.29 is 0 Å². The quantitative estimate of drug-likeness (QED) is 0.416. The van der Waals surface area contributed by atoms with E-state index in [-0.39, 0.29) is 5.41 Å². The normalized spacial score (nSPS) is 13.6. The van der Waals surface area contributed by atoms with Gasteiger partial charge < -0.3 is 0 Å². The lowest BCUT2D eigenvalue weighted by Crippen LogP contribution is -2.13. The molecule has 1 unspecified atom stereocenters. The lowest BCUT2D eigenvalue weighted by molar-refractivity contribution is 0.360. The fourth-order valence-electron chi connectivity index (χ4n) is 1.72. The number of nitriles is 1. The maximum Gasteiger partial charge on any atom is 0.0686 e. The maximum absolute atomic E-state index is 9.22. The number of nitrogens with zero attached hydrogens (tertiary/aromatic N) is 1. The fourth-order valence-corrected chi connectivity index (χ4v) is 1.72. The Morgan fingerprint density at radius 3 is 2.44 bits per heavy atom. The highest BCUT2D eigenvalue weighted by molar-refractivity contribution is 4.99. The molecule has 0 spiro atoms. The molecule has 1 atom stereocenters. The summed E-state index contributed by atoms with van der Waals surface area (Å²) < 4.78 is 0. The van der Waals surface area contributed by atoms with Crippen LogP contribution in [-0.4, -0.2) is 0 Å². The van der Waals surface area contributed by atoms with Crippen LogP contribution in [0.1, 0.15) is 59.3 Å². The summed E-state index contributed by atoms with van der Waals surface area (Å²) in [6.45, 7) is 10.0. The molecule has 0 aromatic heterocycles. The van der Waals surface area contributed by atoms with Gasteiger partial charge in [0, 0.05) is 0 Å². The van der Waals surface area contributed by atoms with Crippen molar-refractivity contribution in [1.82, 2.24) is 0 Å². The van der Waals surface area contributed by atoms with Crippen molar-refractivity contribution in [3.63, 3.8) is 0 Å². The predicted molar refractivity (Wildman–Crippen MR) is 71.1 cm³/mol. The van der Waals surface area contributed by atoms with Crippen LogP contribution in [0.25, 0.3) is 0 Å². The molecule has 0 saturated heterocycles. The number of hydrogen-bond acceptors (Lipinski definition) is 1. The third-order valence-corrected chi connectivity index (χ3v) is 2.91. The van der Waals surface area contributed by atoms with Crippen LogP contribution in [0.5, 0.6) is 0 Å². The Kier molecular flexibility index (Phi) is 7.64. The van der Waals surface area contributed by atoms with Crippen molar-refractivity contribution in [1.29, 1.82) is 5.26 Å². The van der Waals surface area contributed by atoms with E-state index in [4.69, 9.17) is 0 Å². The van der Waals surface area contributed by atoms with Gasteiger partial charge in [0.2, 0.25) is 0 Å². The van der Waals surface area contributed by atoms with Crippen molar-refractivity contribution in [3.8, 4) is 6.07 Å². The summed E-state index contributed by atoms with van der Waals surface area (Å²) in [5.41, 5.74) is 1.19. The average molecular weight is 219 g/mol. The molecule has 0 bridgehead atoms. The van der Waals surface area contributed by atoms with E-state index in [1.165, 1.54) is 5.57 Å². The molecule has 16 heavy (non-hydrogen) atoms. The van der Waals surface area contributed by atoms with Gasteiger partial charge in [0.1, 0.15) is 0 Å². The molecule has 0 fully saturated rings.